The lowest BCUT2D eigenvalue weighted by molar-refractivity contribution is 0.0950. The van der Waals surface area contributed by atoms with E-state index in [1.807, 2.05) is 48.5 Å². The van der Waals surface area contributed by atoms with Gasteiger partial charge in [0.15, 0.2) is 0 Å². The van der Waals surface area contributed by atoms with Crippen molar-refractivity contribution in [1.29, 1.82) is 0 Å². The van der Waals surface area contributed by atoms with E-state index in [0.717, 1.165) is 16.7 Å². The van der Waals surface area contributed by atoms with Gasteiger partial charge >= 0.3 is 0 Å². The monoisotopic (exact) mass is 335 g/mol. The molecule has 0 aliphatic carbocycles. The highest BCUT2D eigenvalue weighted by Gasteiger charge is 2.07. The number of carbonyl (C=O) groups excluding carboxylic acids is 1. The number of halogens is 1. The standard InChI is InChI=1S/C19H14ClN3O/c20-17-8-6-14(7-9-17)13-22-23-19(24)18-12-16(10-11-21-18)15-4-2-1-3-5-15/h1-13H,(H,23,24)/b22-13+. The van der Waals surface area contributed by atoms with E-state index >= 15 is 0 Å². The summed E-state index contributed by atoms with van der Waals surface area (Å²) in [5.41, 5.74) is 5.58. The largest absolute Gasteiger partial charge is 0.289 e. The van der Waals surface area contributed by atoms with Gasteiger partial charge in [-0.15, -0.1) is 0 Å². The molecule has 1 N–H and O–H groups in total. The summed E-state index contributed by atoms with van der Waals surface area (Å²) in [6.45, 7) is 0. The van der Waals surface area contributed by atoms with Crippen molar-refractivity contribution in [3.63, 3.8) is 0 Å². The zero-order chi connectivity index (χ0) is 16.8. The smallest absolute Gasteiger partial charge is 0.266 e. The molecular weight excluding hydrogens is 322 g/mol. The molecule has 0 bridgehead atoms. The Kier molecular flexibility index (Phi) is 4.99. The number of carbonyl (C=O) groups is 1. The highest BCUT2D eigenvalue weighted by atomic mass is 35.5. The Morgan fingerprint density at radius 1 is 1.00 bits per heavy atom. The maximum absolute atomic E-state index is 12.2. The van der Waals surface area contributed by atoms with Crippen LogP contribution in [0.4, 0.5) is 0 Å². The van der Waals surface area contributed by atoms with Gasteiger partial charge in [0.2, 0.25) is 0 Å². The van der Waals surface area contributed by atoms with E-state index in [9.17, 15) is 4.79 Å². The van der Waals surface area contributed by atoms with Crippen LogP contribution in [0.5, 0.6) is 0 Å². The molecule has 1 amide bonds. The first-order valence-corrected chi connectivity index (χ1v) is 7.70. The first-order valence-electron chi connectivity index (χ1n) is 7.33. The number of aromatic nitrogens is 1. The van der Waals surface area contributed by atoms with Gasteiger partial charge in [-0.2, -0.15) is 5.10 Å². The second kappa shape index (κ2) is 7.53. The zero-order valence-electron chi connectivity index (χ0n) is 12.7. The van der Waals surface area contributed by atoms with Gasteiger partial charge in [0.1, 0.15) is 5.69 Å². The normalized spacial score (nSPS) is 10.7. The van der Waals surface area contributed by atoms with Crippen molar-refractivity contribution < 1.29 is 4.79 Å². The number of benzene rings is 2. The summed E-state index contributed by atoms with van der Waals surface area (Å²) in [5.74, 6) is -0.363. The average molecular weight is 336 g/mol. The molecule has 0 spiro atoms. The summed E-state index contributed by atoms with van der Waals surface area (Å²) in [6.07, 6.45) is 3.16. The molecule has 0 saturated heterocycles. The molecule has 0 fully saturated rings. The van der Waals surface area contributed by atoms with Gasteiger partial charge in [0.25, 0.3) is 5.91 Å². The fraction of sp³-hybridized carbons (Fsp3) is 0. The number of amides is 1. The zero-order valence-corrected chi connectivity index (χ0v) is 13.4. The summed E-state index contributed by atoms with van der Waals surface area (Å²) in [5, 5.41) is 4.59. The summed E-state index contributed by atoms with van der Waals surface area (Å²) in [6, 6.07) is 20.6. The molecule has 1 aromatic heterocycles. The number of rotatable bonds is 4. The summed E-state index contributed by atoms with van der Waals surface area (Å²) < 4.78 is 0. The molecule has 0 unspecified atom stereocenters. The van der Waals surface area contributed by atoms with Gasteiger partial charge in [-0.3, -0.25) is 9.78 Å². The fourth-order valence-corrected chi connectivity index (χ4v) is 2.26. The molecule has 4 nitrogen and oxygen atoms in total. The third kappa shape index (κ3) is 4.06. The Morgan fingerprint density at radius 3 is 2.50 bits per heavy atom. The molecule has 2 aromatic carbocycles. The van der Waals surface area contributed by atoms with Crippen LogP contribution >= 0.6 is 11.6 Å². The van der Waals surface area contributed by atoms with Crippen LogP contribution in [0, 0.1) is 0 Å². The van der Waals surface area contributed by atoms with E-state index in [1.54, 1.807) is 30.6 Å². The van der Waals surface area contributed by atoms with Crippen molar-refractivity contribution >= 4 is 23.7 Å². The molecule has 0 radical (unpaired) electrons. The van der Waals surface area contributed by atoms with Crippen LogP contribution in [0.25, 0.3) is 11.1 Å². The van der Waals surface area contributed by atoms with Crippen molar-refractivity contribution in [1.82, 2.24) is 10.4 Å². The lowest BCUT2D eigenvalue weighted by Crippen LogP contribution is -2.18. The Labute approximate surface area is 144 Å². The van der Waals surface area contributed by atoms with Crippen molar-refractivity contribution in [3.8, 4) is 11.1 Å². The molecule has 118 valence electrons. The highest BCUT2D eigenvalue weighted by molar-refractivity contribution is 6.30. The summed E-state index contributed by atoms with van der Waals surface area (Å²) in [4.78, 5) is 16.3. The van der Waals surface area contributed by atoms with Crippen LogP contribution in [0.15, 0.2) is 78.0 Å². The Balaban J connectivity index is 1.70. The fourth-order valence-electron chi connectivity index (χ4n) is 2.14. The minimum Gasteiger partial charge on any atom is -0.266 e. The average Bonchev–Trinajstić information content (AvgIpc) is 2.64. The second-order valence-corrected chi connectivity index (χ2v) is 5.48. The third-order valence-electron chi connectivity index (χ3n) is 3.35. The molecule has 0 aliphatic rings. The van der Waals surface area contributed by atoms with Gasteiger partial charge in [0.05, 0.1) is 6.21 Å². The van der Waals surface area contributed by atoms with E-state index in [2.05, 4.69) is 15.5 Å². The Hall–Kier alpha value is -2.98. The van der Waals surface area contributed by atoms with E-state index in [-0.39, 0.29) is 5.91 Å². The first-order chi connectivity index (χ1) is 11.7. The van der Waals surface area contributed by atoms with Gasteiger partial charge in [-0.05, 0) is 41.0 Å². The van der Waals surface area contributed by atoms with Crippen molar-refractivity contribution in [2.75, 3.05) is 0 Å². The Bertz CT molecular complexity index is 861. The van der Waals surface area contributed by atoms with Gasteiger partial charge in [-0.25, -0.2) is 5.43 Å². The highest BCUT2D eigenvalue weighted by Crippen LogP contribution is 2.18. The van der Waals surface area contributed by atoms with E-state index < -0.39 is 0 Å². The van der Waals surface area contributed by atoms with Crippen LogP contribution in [0.3, 0.4) is 0 Å². The van der Waals surface area contributed by atoms with Gasteiger partial charge in [-0.1, -0.05) is 54.1 Å². The van der Waals surface area contributed by atoms with Gasteiger partial charge < -0.3 is 0 Å². The van der Waals surface area contributed by atoms with Crippen LogP contribution in [0.1, 0.15) is 16.1 Å². The van der Waals surface area contributed by atoms with Crippen LogP contribution in [-0.4, -0.2) is 17.1 Å². The molecule has 1 heterocycles. The van der Waals surface area contributed by atoms with Crippen LogP contribution in [0.2, 0.25) is 5.02 Å². The predicted octanol–water partition coefficient (Wildman–Crippen LogP) is 4.17. The molecule has 3 rings (SSSR count). The number of hydrogen-bond acceptors (Lipinski definition) is 3. The topological polar surface area (TPSA) is 54.4 Å². The number of hydrogen-bond donors (Lipinski definition) is 1. The lowest BCUT2D eigenvalue weighted by atomic mass is 10.1. The molecular formula is C19H14ClN3O. The quantitative estimate of drug-likeness (QED) is 0.574. The molecule has 3 aromatic rings. The minimum absolute atomic E-state index is 0.310. The van der Waals surface area contributed by atoms with Crippen LogP contribution in [-0.2, 0) is 0 Å². The molecule has 0 aliphatic heterocycles. The van der Waals surface area contributed by atoms with Crippen molar-refractivity contribution in [2.24, 2.45) is 5.10 Å². The van der Waals surface area contributed by atoms with E-state index in [0.29, 0.717) is 10.7 Å². The molecule has 24 heavy (non-hydrogen) atoms. The van der Waals surface area contributed by atoms with E-state index in [4.69, 9.17) is 11.6 Å². The predicted molar refractivity (Wildman–Crippen MR) is 96.2 cm³/mol. The first kappa shape index (κ1) is 15.9. The maximum atomic E-state index is 12.2. The minimum atomic E-state index is -0.363. The number of hydrazone groups is 1. The molecule has 0 saturated carbocycles. The number of nitrogens with zero attached hydrogens (tertiary/aromatic N) is 2. The second-order valence-electron chi connectivity index (χ2n) is 5.05. The number of nitrogens with one attached hydrogen (secondary N) is 1. The Morgan fingerprint density at radius 2 is 1.75 bits per heavy atom. The molecule has 0 atom stereocenters. The lowest BCUT2D eigenvalue weighted by Gasteiger charge is -2.04. The summed E-state index contributed by atoms with van der Waals surface area (Å²) in [7, 11) is 0. The number of pyridine rings is 1. The van der Waals surface area contributed by atoms with Crippen LogP contribution < -0.4 is 5.43 Å². The van der Waals surface area contributed by atoms with Crippen molar-refractivity contribution in [3.05, 3.63) is 89.2 Å². The SMILES string of the molecule is O=C(N/N=C/c1ccc(Cl)cc1)c1cc(-c2ccccc2)ccn1. The van der Waals surface area contributed by atoms with Crippen molar-refractivity contribution in [2.45, 2.75) is 0 Å². The van der Waals surface area contributed by atoms with E-state index in [1.165, 1.54) is 0 Å². The molecule has 5 heteroatoms. The summed E-state index contributed by atoms with van der Waals surface area (Å²) >= 11 is 5.82. The maximum Gasteiger partial charge on any atom is 0.289 e. The van der Waals surface area contributed by atoms with Gasteiger partial charge in [0, 0.05) is 11.2 Å². The third-order valence-corrected chi connectivity index (χ3v) is 3.60.